The van der Waals surface area contributed by atoms with Gasteiger partial charge in [0.05, 0.1) is 6.61 Å². The first-order valence-corrected chi connectivity index (χ1v) is 4.09. The molecule has 0 unspecified atom stereocenters. The maximum atomic E-state index is 11.0. The number of hydrogen-bond acceptors (Lipinski definition) is 4. The van der Waals surface area contributed by atoms with Crippen molar-refractivity contribution in [1.82, 2.24) is 9.97 Å². The number of hydrogen-bond donors (Lipinski definition) is 1. The lowest BCUT2D eigenvalue weighted by Crippen LogP contribution is -2.15. The number of rotatable bonds is 5. The standard InChI is InChI=1S/C8H12N2O3/c1-2-12-5-6-13-8-7(11)9-3-4-10-8/h3-4H,2,5-6H2,1H3,(H,9,11). The van der Waals surface area contributed by atoms with Gasteiger partial charge in [-0.1, -0.05) is 0 Å². The van der Waals surface area contributed by atoms with Crippen molar-refractivity contribution < 1.29 is 9.47 Å². The predicted octanol–water partition coefficient (Wildman–Crippen LogP) is 0.185. The molecule has 0 aliphatic carbocycles. The average Bonchev–Trinajstić information content (AvgIpc) is 2.15. The molecule has 1 aromatic rings. The van der Waals surface area contributed by atoms with Gasteiger partial charge in [-0.2, -0.15) is 0 Å². The van der Waals surface area contributed by atoms with E-state index in [9.17, 15) is 4.79 Å². The van der Waals surface area contributed by atoms with Gasteiger partial charge in [-0.15, -0.1) is 0 Å². The Balaban J connectivity index is 2.37. The Morgan fingerprint density at radius 2 is 2.38 bits per heavy atom. The van der Waals surface area contributed by atoms with Crippen LogP contribution in [-0.2, 0) is 4.74 Å². The van der Waals surface area contributed by atoms with Crippen LogP contribution in [0, 0.1) is 0 Å². The van der Waals surface area contributed by atoms with Gasteiger partial charge in [-0.3, -0.25) is 4.79 Å². The molecule has 1 aromatic heterocycles. The molecular weight excluding hydrogens is 172 g/mol. The fourth-order valence-electron chi connectivity index (χ4n) is 0.783. The van der Waals surface area contributed by atoms with E-state index in [4.69, 9.17) is 9.47 Å². The lowest BCUT2D eigenvalue weighted by atomic mass is 10.7. The first-order valence-electron chi connectivity index (χ1n) is 4.09. The first kappa shape index (κ1) is 9.73. The van der Waals surface area contributed by atoms with Gasteiger partial charge in [0.2, 0.25) is 0 Å². The maximum absolute atomic E-state index is 11.0. The third-order valence-electron chi connectivity index (χ3n) is 1.35. The van der Waals surface area contributed by atoms with E-state index in [2.05, 4.69) is 9.97 Å². The largest absolute Gasteiger partial charge is 0.471 e. The monoisotopic (exact) mass is 184 g/mol. The second-order valence-corrected chi connectivity index (χ2v) is 2.27. The van der Waals surface area contributed by atoms with Crippen molar-refractivity contribution in [2.24, 2.45) is 0 Å². The molecule has 0 aliphatic heterocycles. The van der Waals surface area contributed by atoms with Crippen molar-refractivity contribution in [1.29, 1.82) is 0 Å². The van der Waals surface area contributed by atoms with Crippen molar-refractivity contribution in [3.8, 4) is 5.88 Å². The zero-order valence-electron chi connectivity index (χ0n) is 7.45. The van der Waals surface area contributed by atoms with E-state index < -0.39 is 0 Å². The number of aromatic amines is 1. The Morgan fingerprint density at radius 1 is 1.54 bits per heavy atom. The highest BCUT2D eigenvalue weighted by Gasteiger charge is 1.98. The van der Waals surface area contributed by atoms with Crippen LogP contribution in [0.15, 0.2) is 17.2 Å². The Morgan fingerprint density at radius 3 is 3.08 bits per heavy atom. The van der Waals surface area contributed by atoms with Crippen LogP contribution in [-0.4, -0.2) is 29.8 Å². The summed E-state index contributed by atoms with van der Waals surface area (Å²) in [5.74, 6) is 0.0854. The van der Waals surface area contributed by atoms with Crippen molar-refractivity contribution in [2.45, 2.75) is 6.92 Å². The molecule has 0 saturated heterocycles. The third kappa shape index (κ3) is 3.25. The Bertz CT molecular complexity index is 297. The highest BCUT2D eigenvalue weighted by Crippen LogP contribution is 1.92. The van der Waals surface area contributed by atoms with E-state index in [-0.39, 0.29) is 11.4 Å². The van der Waals surface area contributed by atoms with E-state index in [0.29, 0.717) is 19.8 Å². The van der Waals surface area contributed by atoms with Crippen LogP contribution in [0.4, 0.5) is 0 Å². The zero-order chi connectivity index (χ0) is 9.52. The molecule has 0 aliphatic rings. The quantitative estimate of drug-likeness (QED) is 0.663. The van der Waals surface area contributed by atoms with Crippen LogP contribution in [0.3, 0.4) is 0 Å². The minimum absolute atomic E-state index is 0.0854. The molecule has 0 bridgehead atoms. The van der Waals surface area contributed by atoms with E-state index in [1.807, 2.05) is 6.92 Å². The van der Waals surface area contributed by atoms with E-state index in [1.165, 1.54) is 12.4 Å². The summed E-state index contributed by atoms with van der Waals surface area (Å²) >= 11 is 0. The van der Waals surface area contributed by atoms with Gasteiger partial charge < -0.3 is 14.5 Å². The van der Waals surface area contributed by atoms with Gasteiger partial charge in [0.15, 0.2) is 0 Å². The van der Waals surface area contributed by atoms with Gasteiger partial charge >= 0.3 is 5.56 Å². The second kappa shape index (κ2) is 5.31. The van der Waals surface area contributed by atoms with Crippen molar-refractivity contribution in [3.63, 3.8) is 0 Å². The van der Waals surface area contributed by atoms with Crippen molar-refractivity contribution in [2.75, 3.05) is 19.8 Å². The fraction of sp³-hybridized carbons (Fsp3) is 0.500. The van der Waals surface area contributed by atoms with Crippen LogP contribution in [0.5, 0.6) is 5.88 Å². The Hall–Kier alpha value is -1.36. The van der Waals surface area contributed by atoms with Crippen LogP contribution < -0.4 is 10.3 Å². The van der Waals surface area contributed by atoms with Gasteiger partial charge in [-0.05, 0) is 6.92 Å². The second-order valence-electron chi connectivity index (χ2n) is 2.27. The molecule has 1 rings (SSSR count). The lowest BCUT2D eigenvalue weighted by molar-refractivity contribution is 0.108. The van der Waals surface area contributed by atoms with E-state index >= 15 is 0 Å². The molecule has 0 fully saturated rings. The van der Waals surface area contributed by atoms with Crippen LogP contribution in [0.2, 0.25) is 0 Å². The van der Waals surface area contributed by atoms with Crippen LogP contribution >= 0.6 is 0 Å². The summed E-state index contributed by atoms with van der Waals surface area (Å²) in [6.07, 6.45) is 2.93. The highest BCUT2D eigenvalue weighted by molar-refractivity contribution is 5.01. The lowest BCUT2D eigenvalue weighted by Gasteiger charge is -2.02. The summed E-state index contributed by atoms with van der Waals surface area (Å²) in [6.45, 7) is 3.34. The van der Waals surface area contributed by atoms with Crippen molar-refractivity contribution in [3.05, 3.63) is 22.7 Å². The van der Waals surface area contributed by atoms with Gasteiger partial charge in [0.1, 0.15) is 6.61 Å². The average molecular weight is 184 g/mol. The Kier molecular flexibility index (Phi) is 3.98. The van der Waals surface area contributed by atoms with Gasteiger partial charge in [0.25, 0.3) is 5.88 Å². The molecule has 0 amide bonds. The molecule has 72 valence electrons. The molecule has 0 atom stereocenters. The summed E-state index contributed by atoms with van der Waals surface area (Å²) in [5, 5.41) is 0. The smallest absolute Gasteiger partial charge is 0.310 e. The predicted molar refractivity (Wildman–Crippen MR) is 46.8 cm³/mol. The number of ether oxygens (including phenoxy) is 2. The minimum atomic E-state index is -0.320. The molecule has 5 heteroatoms. The molecule has 0 saturated carbocycles. The van der Waals surface area contributed by atoms with Crippen LogP contribution in [0.25, 0.3) is 0 Å². The Labute approximate surface area is 75.7 Å². The molecule has 13 heavy (non-hydrogen) atoms. The normalized spacial score (nSPS) is 9.92. The van der Waals surface area contributed by atoms with E-state index in [0.717, 1.165) is 0 Å². The first-order chi connectivity index (χ1) is 6.34. The number of nitrogens with one attached hydrogen (secondary N) is 1. The van der Waals surface area contributed by atoms with E-state index in [1.54, 1.807) is 0 Å². The fourth-order valence-corrected chi connectivity index (χ4v) is 0.783. The topological polar surface area (TPSA) is 64.2 Å². The SMILES string of the molecule is CCOCCOc1ncc[nH]c1=O. The highest BCUT2D eigenvalue weighted by atomic mass is 16.5. The molecule has 0 radical (unpaired) electrons. The maximum Gasteiger partial charge on any atom is 0.310 e. The summed E-state index contributed by atoms with van der Waals surface area (Å²) in [4.78, 5) is 17.2. The summed E-state index contributed by atoms with van der Waals surface area (Å²) in [6, 6.07) is 0. The summed E-state index contributed by atoms with van der Waals surface area (Å²) in [5.41, 5.74) is -0.320. The molecular formula is C8H12N2O3. The van der Waals surface area contributed by atoms with Gasteiger partial charge in [0, 0.05) is 19.0 Å². The number of nitrogens with zero attached hydrogens (tertiary/aromatic N) is 1. The number of H-pyrrole nitrogens is 1. The summed E-state index contributed by atoms with van der Waals surface area (Å²) in [7, 11) is 0. The minimum Gasteiger partial charge on any atom is -0.471 e. The molecule has 1 heterocycles. The third-order valence-corrected chi connectivity index (χ3v) is 1.35. The van der Waals surface area contributed by atoms with Crippen molar-refractivity contribution >= 4 is 0 Å². The molecule has 1 N–H and O–H groups in total. The van der Waals surface area contributed by atoms with Crippen LogP contribution in [0.1, 0.15) is 6.92 Å². The molecule has 0 spiro atoms. The van der Waals surface area contributed by atoms with Gasteiger partial charge in [-0.25, -0.2) is 4.98 Å². The molecule has 5 nitrogen and oxygen atoms in total. The summed E-state index contributed by atoms with van der Waals surface area (Å²) < 4.78 is 10.1. The molecule has 0 aromatic carbocycles. The number of aromatic nitrogens is 2. The zero-order valence-corrected chi connectivity index (χ0v) is 7.45.